The number of rotatable bonds is 3. The van der Waals surface area contributed by atoms with Crippen LogP contribution in [0.1, 0.15) is 0 Å². The van der Waals surface area contributed by atoms with Gasteiger partial charge in [-0.1, -0.05) is 115 Å². The van der Waals surface area contributed by atoms with Crippen LogP contribution in [0.25, 0.3) is 128 Å². The van der Waals surface area contributed by atoms with E-state index < -0.39 is 0 Å². The topological polar surface area (TPSA) is 35.6 Å². The van der Waals surface area contributed by atoms with Crippen LogP contribution in [0.5, 0.6) is 0 Å². The second-order valence-electron chi connectivity index (χ2n) is 15.6. The second-order valence-corrected chi connectivity index (χ2v) is 17.8. The zero-order chi connectivity index (χ0) is 39.1. The lowest BCUT2D eigenvalue weighted by Crippen LogP contribution is -1.96. The fraction of sp³-hybridized carbons (Fsp3) is 0. The Morgan fingerprint density at radius 1 is 0.350 bits per heavy atom. The Labute approximate surface area is 350 Å². The molecule has 14 aromatic rings. The minimum absolute atomic E-state index is 0.928. The minimum atomic E-state index is 0.928. The molecule has 0 bridgehead atoms. The summed E-state index contributed by atoms with van der Waals surface area (Å²) < 4.78 is 9.93. The summed E-state index contributed by atoms with van der Waals surface area (Å²) in [5.74, 6) is 1.86. The Balaban J connectivity index is 1.06. The molecule has 0 amide bonds. The van der Waals surface area contributed by atoms with Crippen molar-refractivity contribution in [1.29, 1.82) is 0 Å². The maximum absolute atomic E-state index is 4.91. The third-order valence-electron chi connectivity index (χ3n) is 12.6. The van der Waals surface area contributed by atoms with Gasteiger partial charge in [0, 0.05) is 75.0 Å². The molecule has 0 unspecified atom stereocenters. The van der Waals surface area contributed by atoms with Crippen LogP contribution in [-0.2, 0) is 0 Å². The largest absolute Gasteiger partial charge is 0.293 e. The molecule has 0 aliphatic carbocycles. The van der Waals surface area contributed by atoms with E-state index in [1.54, 1.807) is 0 Å². The van der Waals surface area contributed by atoms with E-state index >= 15 is 0 Å². The molecule has 6 heterocycles. The van der Waals surface area contributed by atoms with E-state index in [2.05, 4.69) is 167 Å². The molecule has 0 radical (unpaired) electrons. The van der Waals surface area contributed by atoms with Gasteiger partial charge in [-0.05, 0) is 81.9 Å². The number of nitrogens with zero attached hydrogens (tertiary/aromatic N) is 4. The molecule has 0 saturated heterocycles. The monoisotopic (exact) mass is 798 g/mol. The number of thiophene rings is 2. The summed E-state index contributed by atoms with van der Waals surface area (Å²) in [7, 11) is 0. The number of pyridine rings is 2. The molecule has 0 spiro atoms. The van der Waals surface area contributed by atoms with Gasteiger partial charge in [0.15, 0.2) is 0 Å². The van der Waals surface area contributed by atoms with Crippen LogP contribution in [-0.4, -0.2) is 19.1 Å². The average Bonchev–Trinajstić information content (AvgIpc) is 4.07. The molecule has 0 atom stereocenters. The molecule has 8 aromatic carbocycles. The minimum Gasteiger partial charge on any atom is -0.293 e. The second kappa shape index (κ2) is 12.1. The standard InChI is InChI=1S/C54H30N4S2/c1-2-14-37-36(13-1)49-41-30-31(22-27-45(41)60-54(49)50-39-15-3-5-18-42(39)57(51(37)50)46-20-7-9-28-55-46)32-16-11-17-35-33(32)25-26-43-48(35)40-24-23-38-34-12-4-6-19-44(34)59-53(38)52(40)58(43)47-21-8-10-29-56-47/h1-30H. The quantitative estimate of drug-likeness (QED) is 0.178. The predicted molar refractivity (Wildman–Crippen MR) is 257 cm³/mol. The van der Waals surface area contributed by atoms with E-state index in [-0.39, 0.29) is 0 Å². The molecule has 0 fully saturated rings. The van der Waals surface area contributed by atoms with Crippen LogP contribution in [0.2, 0.25) is 0 Å². The Hall–Kier alpha value is -7.38. The van der Waals surface area contributed by atoms with Crippen molar-refractivity contribution in [1.82, 2.24) is 19.1 Å². The lowest BCUT2D eigenvalue weighted by Gasteiger charge is -2.11. The summed E-state index contributed by atoms with van der Waals surface area (Å²) >= 11 is 3.77. The maximum Gasteiger partial charge on any atom is 0.137 e. The van der Waals surface area contributed by atoms with Crippen LogP contribution in [0, 0.1) is 0 Å². The van der Waals surface area contributed by atoms with E-state index in [0.717, 1.165) is 17.2 Å². The highest BCUT2D eigenvalue weighted by Gasteiger charge is 2.24. The SMILES string of the molecule is c1ccc(-n2c3ccc4c(-c5ccc6sc7c(c6c5)c5ccccc5c5c7c6ccccc6n5-c5ccccn5)cccc4c3c3ccc4c5ccccc5sc4c32)nc1. The van der Waals surface area contributed by atoms with Crippen LogP contribution < -0.4 is 0 Å². The number of aromatic nitrogens is 4. The fourth-order valence-electron chi connectivity index (χ4n) is 10.2. The van der Waals surface area contributed by atoms with Gasteiger partial charge in [0.25, 0.3) is 0 Å². The van der Waals surface area contributed by atoms with E-state index in [4.69, 9.17) is 9.97 Å². The molecule has 0 saturated carbocycles. The van der Waals surface area contributed by atoms with Crippen molar-refractivity contribution in [3.05, 3.63) is 182 Å². The molecule has 4 nitrogen and oxygen atoms in total. The highest BCUT2D eigenvalue weighted by Crippen LogP contribution is 2.50. The van der Waals surface area contributed by atoms with Gasteiger partial charge in [0.05, 0.1) is 26.8 Å². The maximum atomic E-state index is 4.91. The molecule has 278 valence electrons. The summed E-state index contributed by atoms with van der Waals surface area (Å²) in [5.41, 5.74) is 7.20. The molecular formula is C54H30N4S2. The normalized spacial score (nSPS) is 12.3. The van der Waals surface area contributed by atoms with Gasteiger partial charge in [0.1, 0.15) is 11.6 Å². The van der Waals surface area contributed by atoms with E-state index in [1.165, 1.54) is 111 Å². The molecule has 6 heteroatoms. The molecule has 14 rings (SSSR count). The average molecular weight is 799 g/mol. The van der Waals surface area contributed by atoms with Gasteiger partial charge >= 0.3 is 0 Å². The smallest absolute Gasteiger partial charge is 0.137 e. The Morgan fingerprint density at radius 2 is 0.983 bits per heavy atom. The van der Waals surface area contributed by atoms with Crippen LogP contribution >= 0.6 is 22.7 Å². The number of hydrogen-bond acceptors (Lipinski definition) is 4. The van der Waals surface area contributed by atoms with Crippen molar-refractivity contribution in [3.8, 4) is 22.8 Å². The van der Waals surface area contributed by atoms with Gasteiger partial charge in [-0.15, -0.1) is 22.7 Å². The summed E-state index contributed by atoms with van der Waals surface area (Å²) in [5, 5.41) is 15.2. The van der Waals surface area contributed by atoms with Gasteiger partial charge in [-0.2, -0.15) is 0 Å². The Morgan fingerprint density at radius 3 is 1.80 bits per heavy atom. The highest BCUT2D eigenvalue weighted by atomic mass is 32.1. The summed E-state index contributed by atoms with van der Waals surface area (Å²) in [6, 6.07) is 62.1. The molecule has 0 N–H and O–H groups in total. The van der Waals surface area contributed by atoms with Crippen molar-refractivity contribution >= 4 is 128 Å². The van der Waals surface area contributed by atoms with Gasteiger partial charge in [-0.3, -0.25) is 9.13 Å². The van der Waals surface area contributed by atoms with E-state index in [0.29, 0.717) is 0 Å². The zero-order valence-corrected chi connectivity index (χ0v) is 33.6. The first-order valence-corrected chi connectivity index (χ1v) is 21.9. The number of fused-ring (bicyclic) bond motifs is 19. The molecule has 6 aromatic heterocycles. The van der Waals surface area contributed by atoms with E-state index in [9.17, 15) is 0 Å². The lowest BCUT2D eigenvalue weighted by atomic mass is 9.94. The first-order chi connectivity index (χ1) is 29.8. The highest BCUT2D eigenvalue weighted by molar-refractivity contribution is 7.27. The van der Waals surface area contributed by atoms with Crippen LogP contribution in [0.15, 0.2) is 182 Å². The van der Waals surface area contributed by atoms with Gasteiger partial charge in [0.2, 0.25) is 0 Å². The number of para-hydroxylation sites is 1. The number of hydrogen-bond donors (Lipinski definition) is 0. The molecule has 0 aliphatic heterocycles. The summed E-state index contributed by atoms with van der Waals surface area (Å²) in [6.45, 7) is 0. The predicted octanol–water partition coefficient (Wildman–Crippen LogP) is 15.4. The zero-order valence-electron chi connectivity index (χ0n) is 31.9. The van der Waals surface area contributed by atoms with Crippen molar-refractivity contribution in [2.24, 2.45) is 0 Å². The Kier molecular flexibility index (Phi) is 6.56. The summed E-state index contributed by atoms with van der Waals surface area (Å²) in [4.78, 5) is 9.77. The van der Waals surface area contributed by atoms with Gasteiger partial charge < -0.3 is 0 Å². The molecular weight excluding hydrogens is 769 g/mol. The van der Waals surface area contributed by atoms with Crippen molar-refractivity contribution in [3.63, 3.8) is 0 Å². The lowest BCUT2D eigenvalue weighted by molar-refractivity contribution is 1.08. The van der Waals surface area contributed by atoms with Crippen LogP contribution in [0.3, 0.4) is 0 Å². The van der Waals surface area contributed by atoms with Crippen molar-refractivity contribution in [2.75, 3.05) is 0 Å². The summed E-state index contributed by atoms with van der Waals surface area (Å²) in [6.07, 6.45) is 3.78. The molecule has 60 heavy (non-hydrogen) atoms. The first-order valence-electron chi connectivity index (χ1n) is 20.2. The molecule has 0 aliphatic rings. The third-order valence-corrected chi connectivity index (χ3v) is 15.0. The van der Waals surface area contributed by atoms with Crippen molar-refractivity contribution < 1.29 is 0 Å². The number of benzene rings is 8. The first kappa shape index (κ1) is 32.6. The van der Waals surface area contributed by atoms with E-state index in [1.807, 2.05) is 47.2 Å². The van der Waals surface area contributed by atoms with Crippen molar-refractivity contribution in [2.45, 2.75) is 0 Å². The third kappa shape index (κ3) is 4.28. The fourth-order valence-corrected chi connectivity index (χ4v) is 12.7. The van der Waals surface area contributed by atoms with Gasteiger partial charge in [-0.25, -0.2) is 9.97 Å². The Bertz CT molecular complexity index is 4120. The van der Waals surface area contributed by atoms with Crippen LogP contribution in [0.4, 0.5) is 0 Å².